The maximum absolute atomic E-state index is 11.4. The number of ether oxygens (including phenoxy) is 1. The average molecular weight is 281 g/mol. The van der Waals surface area contributed by atoms with Gasteiger partial charge in [0, 0.05) is 17.5 Å². The lowest BCUT2D eigenvalue weighted by Crippen LogP contribution is -1.98. The van der Waals surface area contributed by atoms with E-state index in [4.69, 9.17) is 14.9 Å². The van der Waals surface area contributed by atoms with Crippen LogP contribution in [0.25, 0.3) is 11.0 Å². The summed E-state index contributed by atoms with van der Waals surface area (Å²) in [6.07, 6.45) is 0. The van der Waals surface area contributed by atoms with Crippen molar-refractivity contribution in [2.24, 2.45) is 0 Å². The molecule has 0 atom stereocenters. The Morgan fingerprint density at radius 3 is 2.67 bits per heavy atom. The van der Waals surface area contributed by atoms with Gasteiger partial charge in [0.2, 0.25) is 0 Å². The van der Waals surface area contributed by atoms with Gasteiger partial charge in [-0.25, -0.2) is 4.79 Å². The van der Waals surface area contributed by atoms with E-state index < -0.39 is 0 Å². The lowest BCUT2D eigenvalue weighted by Gasteiger charge is -2.10. The van der Waals surface area contributed by atoms with Crippen LogP contribution in [0.3, 0.4) is 0 Å². The Labute approximate surface area is 121 Å². The van der Waals surface area contributed by atoms with Gasteiger partial charge in [0.05, 0.1) is 5.69 Å². The molecule has 2 N–H and O–H groups in total. The van der Waals surface area contributed by atoms with E-state index in [2.05, 4.69) is 0 Å². The van der Waals surface area contributed by atoms with Gasteiger partial charge in [-0.2, -0.15) is 0 Å². The molecule has 3 aromatic rings. The van der Waals surface area contributed by atoms with Crippen molar-refractivity contribution < 1.29 is 9.15 Å². The fourth-order valence-electron chi connectivity index (χ4n) is 2.24. The van der Waals surface area contributed by atoms with Crippen LogP contribution in [0.2, 0.25) is 0 Å². The normalized spacial score (nSPS) is 10.8. The molecule has 21 heavy (non-hydrogen) atoms. The van der Waals surface area contributed by atoms with Crippen molar-refractivity contribution in [2.45, 2.75) is 13.8 Å². The zero-order valence-corrected chi connectivity index (χ0v) is 11.8. The van der Waals surface area contributed by atoms with E-state index in [1.807, 2.05) is 38.1 Å². The van der Waals surface area contributed by atoms with E-state index in [0.29, 0.717) is 22.8 Å². The summed E-state index contributed by atoms with van der Waals surface area (Å²) in [6, 6.07) is 12.5. The third-order valence-corrected chi connectivity index (χ3v) is 3.43. The summed E-state index contributed by atoms with van der Waals surface area (Å²) in [4.78, 5) is 11.4. The van der Waals surface area contributed by atoms with Crippen LogP contribution < -0.4 is 16.1 Å². The molecule has 1 aromatic heterocycles. The van der Waals surface area contributed by atoms with Crippen LogP contribution in [0.15, 0.2) is 51.7 Å². The second-order valence-electron chi connectivity index (χ2n) is 5.00. The molecule has 0 aliphatic carbocycles. The molecule has 0 bridgehead atoms. The molecular weight excluding hydrogens is 266 g/mol. The van der Waals surface area contributed by atoms with Gasteiger partial charge >= 0.3 is 5.63 Å². The number of para-hydroxylation sites is 1. The Bertz CT molecular complexity index is 881. The maximum Gasteiger partial charge on any atom is 0.336 e. The van der Waals surface area contributed by atoms with Gasteiger partial charge in [0.15, 0.2) is 5.75 Å². The molecule has 4 heteroatoms. The third-order valence-electron chi connectivity index (χ3n) is 3.43. The minimum Gasteiger partial charge on any atom is -0.455 e. The number of nitrogen functional groups attached to an aromatic ring is 1. The fourth-order valence-corrected chi connectivity index (χ4v) is 2.24. The fraction of sp³-hybridized carbons (Fsp3) is 0.118. The van der Waals surface area contributed by atoms with Crippen molar-refractivity contribution in [3.05, 3.63) is 64.0 Å². The number of aryl methyl sites for hydroxylation is 2. The first-order chi connectivity index (χ1) is 10.0. The Morgan fingerprint density at radius 1 is 1.05 bits per heavy atom. The molecule has 4 nitrogen and oxygen atoms in total. The van der Waals surface area contributed by atoms with Gasteiger partial charge in [-0.15, -0.1) is 0 Å². The van der Waals surface area contributed by atoms with Crippen LogP contribution in [0.5, 0.6) is 11.5 Å². The van der Waals surface area contributed by atoms with Gasteiger partial charge in [0.1, 0.15) is 11.3 Å². The molecule has 106 valence electrons. The van der Waals surface area contributed by atoms with Crippen LogP contribution in [0, 0.1) is 13.8 Å². The summed E-state index contributed by atoms with van der Waals surface area (Å²) >= 11 is 0. The predicted molar refractivity (Wildman–Crippen MR) is 82.9 cm³/mol. The summed E-state index contributed by atoms with van der Waals surface area (Å²) in [5, 5.41) is 0.888. The van der Waals surface area contributed by atoms with E-state index in [1.54, 1.807) is 12.1 Å². The largest absolute Gasteiger partial charge is 0.455 e. The van der Waals surface area contributed by atoms with Crippen molar-refractivity contribution in [1.82, 2.24) is 0 Å². The number of nitrogens with two attached hydrogens (primary N) is 1. The maximum atomic E-state index is 11.4. The van der Waals surface area contributed by atoms with E-state index >= 15 is 0 Å². The van der Waals surface area contributed by atoms with Gasteiger partial charge < -0.3 is 14.9 Å². The Hall–Kier alpha value is -2.75. The zero-order valence-electron chi connectivity index (χ0n) is 11.8. The summed E-state index contributed by atoms with van der Waals surface area (Å²) in [5.41, 5.74) is 8.56. The van der Waals surface area contributed by atoms with Crippen molar-refractivity contribution in [1.29, 1.82) is 0 Å². The lowest BCUT2D eigenvalue weighted by molar-refractivity contribution is 0.482. The van der Waals surface area contributed by atoms with Crippen molar-refractivity contribution in [2.75, 3.05) is 5.73 Å². The number of hydrogen-bond donors (Lipinski definition) is 1. The highest BCUT2D eigenvalue weighted by atomic mass is 16.5. The molecular formula is C17H15NO3. The molecule has 0 saturated heterocycles. The van der Waals surface area contributed by atoms with Crippen molar-refractivity contribution in [3.63, 3.8) is 0 Å². The van der Waals surface area contributed by atoms with Gasteiger partial charge in [-0.3, -0.25) is 0 Å². The molecule has 2 aromatic carbocycles. The summed E-state index contributed by atoms with van der Waals surface area (Å²) in [6.45, 7) is 3.79. The second-order valence-corrected chi connectivity index (χ2v) is 5.00. The summed E-state index contributed by atoms with van der Waals surface area (Å²) < 4.78 is 11.0. The number of rotatable bonds is 2. The van der Waals surface area contributed by atoms with Crippen LogP contribution in [0.1, 0.15) is 11.1 Å². The third kappa shape index (κ3) is 2.48. The molecule has 0 fully saturated rings. The van der Waals surface area contributed by atoms with Crippen LogP contribution >= 0.6 is 0 Å². The van der Waals surface area contributed by atoms with Gasteiger partial charge in [0.25, 0.3) is 0 Å². The van der Waals surface area contributed by atoms with Gasteiger partial charge in [-0.1, -0.05) is 12.1 Å². The zero-order chi connectivity index (χ0) is 15.0. The average Bonchev–Trinajstić information content (AvgIpc) is 2.43. The van der Waals surface area contributed by atoms with Crippen LogP contribution in [0.4, 0.5) is 5.69 Å². The highest BCUT2D eigenvalue weighted by molar-refractivity contribution is 5.81. The monoisotopic (exact) mass is 281 g/mol. The first kappa shape index (κ1) is 13.2. The van der Waals surface area contributed by atoms with E-state index in [0.717, 1.165) is 16.5 Å². The minimum atomic E-state index is -0.368. The predicted octanol–water partition coefficient (Wildman–Crippen LogP) is 3.78. The molecule has 0 aliphatic heterocycles. The van der Waals surface area contributed by atoms with E-state index in [1.165, 1.54) is 6.07 Å². The van der Waals surface area contributed by atoms with Crippen LogP contribution in [-0.4, -0.2) is 0 Å². The van der Waals surface area contributed by atoms with E-state index in [-0.39, 0.29) is 5.63 Å². The number of fused-ring (bicyclic) bond motifs is 1. The quantitative estimate of drug-likeness (QED) is 0.573. The summed E-state index contributed by atoms with van der Waals surface area (Å²) in [7, 11) is 0. The van der Waals surface area contributed by atoms with Crippen LogP contribution in [-0.2, 0) is 0 Å². The molecule has 0 radical (unpaired) electrons. The minimum absolute atomic E-state index is 0.368. The molecule has 0 saturated carbocycles. The van der Waals surface area contributed by atoms with Crippen molar-refractivity contribution >= 4 is 16.7 Å². The smallest absolute Gasteiger partial charge is 0.336 e. The molecule has 3 rings (SSSR count). The SMILES string of the molecule is Cc1cccc(Oc2ccc3c(C)cc(=O)oc3c2)c1N. The van der Waals surface area contributed by atoms with E-state index in [9.17, 15) is 4.79 Å². The molecule has 0 amide bonds. The topological polar surface area (TPSA) is 65.5 Å². The molecule has 0 spiro atoms. The Balaban J connectivity index is 2.05. The second kappa shape index (κ2) is 4.98. The number of benzene rings is 2. The number of hydrogen-bond acceptors (Lipinski definition) is 4. The highest BCUT2D eigenvalue weighted by Gasteiger charge is 2.07. The Kier molecular flexibility index (Phi) is 3.14. The standard InChI is InChI=1S/C17H15NO3/c1-10-4-3-5-14(17(10)18)20-12-6-7-13-11(2)8-16(19)21-15(13)9-12/h3-9H,18H2,1-2H3. The summed E-state index contributed by atoms with van der Waals surface area (Å²) in [5.74, 6) is 1.16. The first-order valence-electron chi connectivity index (χ1n) is 6.62. The number of anilines is 1. The molecule has 0 unspecified atom stereocenters. The Morgan fingerprint density at radius 2 is 1.86 bits per heavy atom. The van der Waals surface area contributed by atoms with Gasteiger partial charge in [-0.05, 0) is 43.2 Å². The molecule has 0 aliphatic rings. The van der Waals surface area contributed by atoms with Crippen molar-refractivity contribution in [3.8, 4) is 11.5 Å². The lowest BCUT2D eigenvalue weighted by atomic mass is 10.1. The highest BCUT2D eigenvalue weighted by Crippen LogP contribution is 2.31. The molecule has 1 heterocycles. The first-order valence-corrected chi connectivity index (χ1v) is 6.62.